The number of hydrogen-bond acceptors (Lipinski definition) is 5. The minimum Gasteiger partial charge on any atom is -0.459 e. The minimum atomic E-state index is -0.345. The van der Waals surface area contributed by atoms with Crippen LogP contribution in [0.1, 0.15) is 41.7 Å². The molecule has 4 rings (SSSR count). The maximum absolute atomic E-state index is 12.4. The topological polar surface area (TPSA) is 85.8 Å². The summed E-state index contributed by atoms with van der Waals surface area (Å²) < 4.78 is 7.02. The molecule has 0 aliphatic rings. The molecule has 0 aliphatic carbocycles. The highest BCUT2D eigenvalue weighted by Gasteiger charge is 2.17. The van der Waals surface area contributed by atoms with E-state index in [1.165, 1.54) is 6.26 Å². The van der Waals surface area contributed by atoms with Crippen molar-refractivity contribution in [1.82, 2.24) is 19.7 Å². The van der Waals surface area contributed by atoms with Gasteiger partial charge in [-0.1, -0.05) is 43.7 Å². The van der Waals surface area contributed by atoms with Crippen molar-refractivity contribution in [2.24, 2.45) is 0 Å². The van der Waals surface area contributed by atoms with Crippen LogP contribution in [0.5, 0.6) is 0 Å². The molecule has 0 atom stereocenters. The van der Waals surface area contributed by atoms with Gasteiger partial charge < -0.3 is 9.73 Å². The van der Waals surface area contributed by atoms with Crippen LogP contribution in [-0.4, -0.2) is 25.7 Å². The number of carbonyl (C=O) groups is 1. The van der Waals surface area contributed by atoms with E-state index in [-0.39, 0.29) is 11.7 Å². The van der Waals surface area contributed by atoms with Crippen molar-refractivity contribution < 1.29 is 9.21 Å². The average molecular weight is 375 g/mol. The Morgan fingerprint density at radius 3 is 2.75 bits per heavy atom. The molecule has 0 spiro atoms. The van der Waals surface area contributed by atoms with E-state index in [0.717, 1.165) is 24.8 Å². The van der Waals surface area contributed by atoms with Gasteiger partial charge in [0.1, 0.15) is 11.6 Å². The summed E-state index contributed by atoms with van der Waals surface area (Å²) in [4.78, 5) is 21.7. The fourth-order valence-electron chi connectivity index (χ4n) is 2.99. The first-order chi connectivity index (χ1) is 13.7. The highest BCUT2D eigenvalue weighted by Crippen LogP contribution is 2.22. The maximum Gasteiger partial charge on any atom is 0.292 e. The first-order valence-electron chi connectivity index (χ1n) is 9.36. The summed E-state index contributed by atoms with van der Waals surface area (Å²) in [5.74, 6) is 1.04. The van der Waals surface area contributed by atoms with Crippen LogP contribution in [0.25, 0.3) is 11.0 Å². The summed E-state index contributed by atoms with van der Waals surface area (Å²) in [5, 5.41) is 8.03. The molecule has 0 fully saturated rings. The number of unbranched alkanes of at least 4 members (excludes halogenated alkanes) is 1. The highest BCUT2D eigenvalue weighted by atomic mass is 16.3. The second-order valence-electron chi connectivity index (χ2n) is 6.55. The quantitative estimate of drug-likeness (QED) is 0.526. The Labute approximate surface area is 162 Å². The average Bonchev–Trinajstić information content (AvgIpc) is 3.38. The Morgan fingerprint density at radius 2 is 2.00 bits per heavy atom. The second kappa shape index (κ2) is 8.04. The van der Waals surface area contributed by atoms with Gasteiger partial charge in [-0.3, -0.25) is 4.79 Å². The predicted octanol–water partition coefficient (Wildman–Crippen LogP) is 4.06. The van der Waals surface area contributed by atoms with Crippen molar-refractivity contribution in [3.8, 4) is 0 Å². The molecule has 7 nitrogen and oxygen atoms in total. The number of nitrogens with zero attached hydrogens (tertiary/aromatic N) is 4. The number of aromatic nitrogens is 4. The molecule has 3 heterocycles. The Balaban J connectivity index is 1.72. The summed E-state index contributed by atoms with van der Waals surface area (Å²) in [7, 11) is 0. The minimum absolute atomic E-state index is 0.235. The van der Waals surface area contributed by atoms with Crippen LogP contribution in [0.3, 0.4) is 0 Å². The van der Waals surface area contributed by atoms with Crippen LogP contribution in [0, 0.1) is 0 Å². The summed E-state index contributed by atoms with van der Waals surface area (Å²) in [6, 6.07) is 13.4. The molecule has 7 heteroatoms. The molecule has 1 aromatic carbocycles. The predicted molar refractivity (Wildman–Crippen MR) is 106 cm³/mol. The van der Waals surface area contributed by atoms with E-state index in [0.29, 0.717) is 29.2 Å². The van der Waals surface area contributed by atoms with E-state index in [9.17, 15) is 4.79 Å². The Hall–Kier alpha value is -3.48. The Kier molecular flexibility index (Phi) is 5.14. The van der Waals surface area contributed by atoms with Crippen LogP contribution in [0.15, 0.2) is 59.3 Å². The van der Waals surface area contributed by atoms with Gasteiger partial charge in [0.2, 0.25) is 0 Å². The number of hydrogen-bond donors (Lipinski definition) is 1. The number of nitrogens with one attached hydrogen (secondary N) is 1. The summed E-state index contributed by atoms with van der Waals surface area (Å²) in [6.07, 6.45) is 5.92. The summed E-state index contributed by atoms with van der Waals surface area (Å²) in [6.45, 7) is 2.72. The maximum atomic E-state index is 12.4. The van der Waals surface area contributed by atoms with E-state index in [1.54, 1.807) is 18.3 Å². The molecule has 0 bridgehead atoms. The fraction of sp³-hybridized carbons (Fsp3) is 0.238. The molecule has 0 saturated heterocycles. The molecule has 3 aromatic heterocycles. The van der Waals surface area contributed by atoms with Gasteiger partial charge in [-0.2, -0.15) is 5.10 Å². The number of furan rings is 1. The largest absolute Gasteiger partial charge is 0.459 e. The monoisotopic (exact) mass is 375 g/mol. The number of rotatable bonds is 7. The third-order valence-corrected chi connectivity index (χ3v) is 4.45. The smallest absolute Gasteiger partial charge is 0.292 e. The van der Waals surface area contributed by atoms with Crippen molar-refractivity contribution in [3.05, 3.63) is 72.1 Å². The number of benzene rings is 1. The Morgan fingerprint density at radius 1 is 1.14 bits per heavy atom. The molecule has 1 amide bonds. The lowest BCUT2D eigenvalue weighted by Crippen LogP contribution is -2.14. The van der Waals surface area contributed by atoms with Crippen molar-refractivity contribution in [2.45, 2.75) is 32.7 Å². The lowest BCUT2D eigenvalue weighted by atomic mass is 10.2. The first-order valence-corrected chi connectivity index (χ1v) is 9.36. The van der Waals surface area contributed by atoms with Crippen LogP contribution in [0.4, 0.5) is 5.82 Å². The molecular formula is C21H21N5O2. The van der Waals surface area contributed by atoms with Gasteiger partial charge in [-0.15, -0.1) is 0 Å². The van der Waals surface area contributed by atoms with Gasteiger partial charge in [0.05, 0.1) is 24.4 Å². The molecule has 0 unspecified atom stereocenters. The van der Waals surface area contributed by atoms with Crippen molar-refractivity contribution in [2.75, 3.05) is 5.32 Å². The highest BCUT2D eigenvalue weighted by molar-refractivity contribution is 6.05. The lowest BCUT2D eigenvalue weighted by Gasteiger charge is -2.08. The molecule has 28 heavy (non-hydrogen) atoms. The van der Waals surface area contributed by atoms with E-state index in [4.69, 9.17) is 9.40 Å². The van der Waals surface area contributed by atoms with E-state index in [1.807, 2.05) is 35.0 Å². The summed E-state index contributed by atoms with van der Waals surface area (Å²) in [5.41, 5.74) is 1.84. The first kappa shape index (κ1) is 17.9. The fourth-order valence-corrected chi connectivity index (χ4v) is 2.99. The second-order valence-corrected chi connectivity index (χ2v) is 6.55. The SMILES string of the molecule is CCCCc1nc(NC(=O)c2ccco2)c2cnn(Cc3ccccc3)c2n1. The zero-order valence-electron chi connectivity index (χ0n) is 15.6. The third kappa shape index (κ3) is 3.78. The third-order valence-electron chi connectivity index (χ3n) is 4.45. The van der Waals surface area contributed by atoms with E-state index in [2.05, 4.69) is 22.3 Å². The van der Waals surface area contributed by atoms with Gasteiger partial charge in [-0.25, -0.2) is 14.6 Å². The van der Waals surface area contributed by atoms with Gasteiger partial charge >= 0.3 is 0 Å². The Bertz CT molecular complexity index is 1070. The van der Waals surface area contributed by atoms with Crippen molar-refractivity contribution in [3.63, 3.8) is 0 Å². The van der Waals surface area contributed by atoms with Crippen LogP contribution in [0.2, 0.25) is 0 Å². The standard InChI is InChI=1S/C21H21N5O2/c1-2-3-11-18-23-19(25-21(27)17-10-7-12-28-17)16-13-22-26(20(16)24-18)14-15-8-5-4-6-9-15/h4-10,12-13H,2-3,11,14H2,1H3,(H,23,24,25,27). The van der Waals surface area contributed by atoms with Crippen LogP contribution >= 0.6 is 0 Å². The zero-order valence-corrected chi connectivity index (χ0v) is 15.6. The molecular weight excluding hydrogens is 354 g/mol. The van der Waals surface area contributed by atoms with Gasteiger partial charge in [0.25, 0.3) is 5.91 Å². The molecule has 1 N–H and O–H groups in total. The van der Waals surface area contributed by atoms with E-state index < -0.39 is 0 Å². The summed E-state index contributed by atoms with van der Waals surface area (Å²) >= 11 is 0. The van der Waals surface area contributed by atoms with Crippen molar-refractivity contribution in [1.29, 1.82) is 0 Å². The molecule has 0 aliphatic heterocycles. The van der Waals surface area contributed by atoms with Gasteiger partial charge in [0.15, 0.2) is 11.4 Å². The molecule has 0 radical (unpaired) electrons. The van der Waals surface area contributed by atoms with Gasteiger partial charge in [-0.05, 0) is 24.1 Å². The molecule has 142 valence electrons. The number of carbonyl (C=O) groups excluding carboxylic acids is 1. The molecule has 4 aromatic rings. The molecule has 0 saturated carbocycles. The van der Waals surface area contributed by atoms with Crippen molar-refractivity contribution >= 4 is 22.8 Å². The number of amides is 1. The van der Waals surface area contributed by atoms with Crippen LogP contribution < -0.4 is 5.32 Å². The number of aryl methyl sites for hydroxylation is 1. The van der Waals surface area contributed by atoms with Crippen LogP contribution in [-0.2, 0) is 13.0 Å². The van der Waals surface area contributed by atoms with Gasteiger partial charge in [0, 0.05) is 6.42 Å². The lowest BCUT2D eigenvalue weighted by molar-refractivity contribution is 0.0996. The number of anilines is 1. The van der Waals surface area contributed by atoms with E-state index >= 15 is 0 Å². The normalized spacial score (nSPS) is 11.0. The zero-order chi connectivity index (χ0) is 19.3. The number of fused-ring (bicyclic) bond motifs is 1.